The summed E-state index contributed by atoms with van der Waals surface area (Å²) in [5.74, 6) is -1.25. The van der Waals surface area contributed by atoms with E-state index in [4.69, 9.17) is 5.11 Å². The third-order valence-corrected chi connectivity index (χ3v) is 2.81. The molecule has 0 saturated carbocycles. The second-order valence-corrected chi connectivity index (χ2v) is 6.11. The molecular formula is C14H26N2O4. The minimum atomic E-state index is -0.873. The zero-order valence-corrected chi connectivity index (χ0v) is 13.0. The van der Waals surface area contributed by atoms with Crippen LogP contribution < -0.4 is 5.32 Å². The first kappa shape index (κ1) is 18.4. The highest BCUT2D eigenvalue weighted by atomic mass is 16.4. The van der Waals surface area contributed by atoms with E-state index in [1.165, 1.54) is 0 Å². The summed E-state index contributed by atoms with van der Waals surface area (Å²) in [6.07, 6.45) is 0.442. The number of carbonyl (C=O) groups is 3. The Morgan fingerprint density at radius 2 is 1.75 bits per heavy atom. The maximum absolute atomic E-state index is 12.1. The van der Waals surface area contributed by atoms with E-state index < -0.39 is 11.4 Å². The SMILES string of the molecule is CC(C)N(CCCC(=O)O)C(=O)CNC(=O)C(C)(C)C. The van der Waals surface area contributed by atoms with E-state index in [-0.39, 0.29) is 30.8 Å². The molecule has 2 N–H and O–H groups in total. The zero-order valence-electron chi connectivity index (χ0n) is 13.0. The predicted octanol–water partition coefficient (Wildman–Crippen LogP) is 1.25. The molecule has 0 radical (unpaired) electrons. The third-order valence-electron chi connectivity index (χ3n) is 2.81. The molecule has 6 nitrogen and oxygen atoms in total. The summed E-state index contributed by atoms with van der Waals surface area (Å²) in [6.45, 7) is 9.39. The monoisotopic (exact) mass is 286 g/mol. The van der Waals surface area contributed by atoms with Crippen molar-refractivity contribution in [2.45, 2.75) is 53.5 Å². The van der Waals surface area contributed by atoms with Crippen LogP contribution in [0, 0.1) is 5.41 Å². The molecule has 0 aliphatic rings. The fourth-order valence-electron chi connectivity index (χ4n) is 1.59. The summed E-state index contributed by atoms with van der Waals surface area (Å²) in [4.78, 5) is 35.8. The lowest BCUT2D eigenvalue weighted by molar-refractivity contribution is -0.138. The number of rotatable bonds is 7. The highest BCUT2D eigenvalue weighted by Crippen LogP contribution is 2.12. The first-order chi connectivity index (χ1) is 9.05. The molecule has 0 fully saturated rings. The molecule has 0 bridgehead atoms. The van der Waals surface area contributed by atoms with Crippen LogP contribution >= 0.6 is 0 Å². The minimum Gasteiger partial charge on any atom is -0.481 e. The van der Waals surface area contributed by atoms with Gasteiger partial charge in [-0.25, -0.2) is 0 Å². The standard InChI is InChI=1S/C14H26N2O4/c1-10(2)16(8-6-7-12(18)19)11(17)9-15-13(20)14(3,4)5/h10H,6-9H2,1-5H3,(H,15,20)(H,18,19). The van der Waals surface area contributed by atoms with Crippen molar-refractivity contribution in [2.24, 2.45) is 5.41 Å². The second kappa shape index (κ2) is 7.87. The molecule has 0 saturated heterocycles. The largest absolute Gasteiger partial charge is 0.481 e. The normalized spacial score (nSPS) is 11.3. The predicted molar refractivity (Wildman–Crippen MR) is 76.2 cm³/mol. The molecule has 0 rings (SSSR count). The smallest absolute Gasteiger partial charge is 0.303 e. The highest BCUT2D eigenvalue weighted by molar-refractivity contribution is 5.87. The molecule has 0 heterocycles. The van der Waals surface area contributed by atoms with Gasteiger partial charge in [0.25, 0.3) is 0 Å². The molecule has 2 amide bonds. The molecule has 0 aromatic heterocycles. The van der Waals surface area contributed by atoms with Crippen LogP contribution in [-0.4, -0.2) is 46.9 Å². The number of amides is 2. The van der Waals surface area contributed by atoms with Gasteiger partial charge in [-0.1, -0.05) is 20.8 Å². The number of nitrogens with zero attached hydrogens (tertiary/aromatic N) is 1. The Bertz CT molecular complexity index is 359. The first-order valence-electron chi connectivity index (χ1n) is 6.85. The summed E-state index contributed by atoms with van der Waals surface area (Å²) in [7, 11) is 0. The van der Waals surface area contributed by atoms with Crippen LogP contribution in [0.15, 0.2) is 0 Å². The van der Waals surface area contributed by atoms with E-state index in [2.05, 4.69) is 5.32 Å². The van der Waals surface area contributed by atoms with E-state index in [1.807, 2.05) is 13.8 Å². The lowest BCUT2D eigenvalue weighted by Crippen LogP contribution is -2.46. The maximum Gasteiger partial charge on any atom is 0.303 e. The molecule has 116 valence electrons. The van der Waals surface area contributed by atoms with Gasteiger partial charge in [0.1, 0.15) is 0 Å². The van der Waals surface area contributed by atoms with Crippen molar-refractivity contribution in [3.63, 3.8) is 0 Å². The molecule has 0 unspecified atom stereocenters. The molecule has 0 aromatic rings. The topological polar surface area (TPSA) is 86.7 Å². The molecule has 0 aromatic carbocycles. The van der Waals surface area contributed by atoms with Crippen LogP contribution in [0.2, 0.25) is 0 Å². The number of carboxylic acids is 1. The lowest BCUT2D eigenvalue weighted by atomic mass is 9.96. The van der Waals surface area contributed by atoms with Crippen molar-refractivity contribution in [2.75, 3.05) is 13.1 Å². The molecule has 20 heavy (non-hydrogen) atoms. The quantitative estimate of drug-likeness (QED) is 0.737. The van der Waals surface area contributed by atoms with Crippen LogP contribution in [0.1, 0.15) is 47.5 Å². The number of nitrogens with one attached hydrogen (secondary N) is 1. The van der Waals surface area contributed by atoms with E-state index in [0.717, 1.165) is 0 Å². The molecule has 0 atom stereocenters. The van der Waals surface area contributed by atoms with Gasteiger partial charge in [0, 0.05) is 24.4 Å². The van der Waals surface area contributed by atoms with Crippen LogP contribution in [0.5, 0.6) is 0 Å². The zero-order chi connectivity index (χ0) is 15.9. The van der Waals surface area contributed by atoms with Crippen LogP contribution in [0.4, 0.5) is 0 Å². The summed E-state index contributed by atoms with van der Waals surface area (Å²) in [6, 6.07) is -0.0252. The van der Waals surface area contributed by atoms with Gasteiger partial charge in [-0.3, -0.25) is 14.4 Å². The van der Waals surface area contributed by atoms with Gasteiger partial charge in [-0.2, -0.15) is 0 Å². The molecule has 0 spiro atoms. The van der Waals surface area contributed by atoms with Crippen molar-refractivity contribution in [1.82, 2.24) is 10.2 Å². The number of aliphatic carboxylic acids is 1. The molecular weight excluding hydrogens is 260 g/mol. The van der Waals surface area contributed by atoms with Gasteiger partial charge >= 0.3 is 5.97 Å². The van der Waals surface area contributed by atoms with Crippen molar-refractivity contribution < 1.29 is 19.5 Å². The summed E-state index contributed by atoms with van der Waals surface area (Å²) in [5.41, 5.74) is -0.535. The first-order valence-corrected chi connectivity index (χ1v) is 6.85. The lowest BCUT2D eigenvalue weighted by Gasteiger charge is -2.27. The van der Waals surface area contributed by atoms with Gasteiger partial charge in [0.15, 0.2) is 0 Å². The minimum absolute atomic E-state index is 0.0252. The number of carboxylic acid groups (broad SMARTS) is 1. The summed E-state index contributed by atoms with van der Waals surface area (Å²) < 4.78 is 0. The fourth-order valence-corrected chi connectivity index (χ4v) is 1.59. The van der Waals surface area contributed by atoms with Crippen molar-refractivity contribution in [3.05, 3.63) is 0 Å². The third kappa shape index (κ3) is 7.11. The van der Waals surface area contributed by atoms with Gasteiger partial charge in [-0.05, 0) is 20.3 Å². The highest BCUT2D eigenvalue weighted by Gasteiger charge is 2.23. The average Bonchev–Trinajstić information content (AvgIpc) is 2.29. The van der Waals surface area contributed by atoms with Crippen LogP contribution in [0.25, 0.3) is 0 Å². The summed E-state index contributed by atoms with van der Waals surface area (Å²) in [5, 5.41) is 11.2. The average molecular weight is 286 g/mol. The van der Waals surface area contributed by atoms with Gasteiger partial charge in [0.05, 0.1) is 6.54 Å². The molecule has 6 heteroatoms. The van der Waals surface area contributed by atoms with Gasteiger partial charge in [-0.15, -0.1) is 0 Å². The van der Waals surface area contributed by atoms with Crippen molar-refractivity contribution >= 4 is 17.8 Å². The van der Waals surface area contributed by atoms with Crippen molar-refractivity contribution in [1.29, 1.82) is 0 Å². The fraction of sp³-hybridized carbons (Fsp3) is 0.786. The van der Waals surface area contributed by atoms with Crippen LogP contribution in [-0.2, 0) is 14.4 Å². The molecule has 0 aliphatic heterocycles. The Morgan fingerprint density at radius 3 is 2.15 bits per heavy atom. The second-order valence-electron chi connectivity index (χ2n) is 6.11. The Hall–Kier alpha value is -1.59. The van der Waals surface area contributed by atoms with E-state index >= 15 is 0 Å². The van der Waals surface area contributed by atoms with Crippen molar-refractivity contribution in [3.8, 4) is 0 Å². The maximum atomic E-state index is 12.1. The van der Waals surface area contributed by atoms with Gasteiger partial charge < -0.3 is 15.3 Å². The Morgan fingerprint density at radius 1 is 1.20 bits per heavy atom. The Kier molecular flexibility index (Phi) is 7.24. The van der Waals surface area contributed by atoms with Crippen LogP contribution in [0.3, 0.4) is 0 Å². The van der Waals surface area contributed by atoms with Gasteiger partial charge in [0.2, 0.25) is 11.8 Å². The Balaban J connectivity index is 4.37. The van der Waals surface area contributed by atoms with E-state index in [1.54, 1.807) is 25.7 Å². The molecule has 0 aliphatic carbocycles. The number of carbonyl (C=O) groups excluding carboxylic acids is 2. The Labute approximate surface area is 120 Å². The van der Waals surface area contributed by atoms with E-state index in [0.29, 0.717) is 13.0 Å². The summed E-state index contributed by atoms with van der Waals surface area (Å²) >= 11 is 0. The number of hydrogen-bond acceptors (Lipinski definition) is 3. The number of hydrogen-bond donors (Lipinski definition) is 2. The van der Waals surface area contributed by atoms with E-state index in [9.17, 15) is 14.4 Å².